The maximum absolute atomic E-state index is 11.1. The highest BCUT2D eigenvalue weighted by molar-refractivity contribution is 6.30. The number of aromatic carboxylic acids is 1. The van der Waals surface area contributed by atoms with Gasteiger partial charge in [-0.05, 0) is 24.3 Å². The minimum absolute atomic E-state index is 0.0771. The van der Waals surface area contributed by atoms with Crippen molar-refractivity contribution in [3.05, 3.63) is 59.1 Å². The highest BCUT2D eigenvalue weighted by atomic mass is 35.5. The Balaban J connectivity index is 1.40. The van der Waals surface area contributed by atoms with Gasteiger partial charge in [0, 0.05) is 45.1 Å². The Morgan fingerprint density at radius 2 is 1.88 bits per heavy atom. The summed E-state index contributed by atoms with van der Waals surface area (Å²) >= 11 is 6.02. The van der Waals surface area contributed by atoms with E-state index in [1.165, 1.54) is 6.07 Å². The summed E-state index contributed by atoms with van der Waals surface area (Å²) in [5.74, 6) is -0.288. The van der Waals surface area contributed by atoms with Crippen molar-refractivity contribution in [2.45, 2.75) is 6.54 Å². The van der Waals surface area contributed by atoms with Crippen molar-refractivity contribution in [1.29, 1.82) is 0 Å². The quantitative estimate of drug-likeness (QED) is 0.759. The van der Waals surface area contributed by atoms with Gasteiger partial charge >= 0.3 is 5.97 Å². The summed E-state index contributed by atoms with van der Waals surface area (Å²) in [7, 11) is 0. The SMILES string of the molecule is O=C(O)c1cccc(N2CCN(Cc3cn4cc(Cl)ccc4n3)CC2)n1. The second-order valence-corrected chi connectivity index (χ2v) is 6.73. The van der Waals surface area contributed by atoms with E-state index in [0.717, 1.165) is 44.1 Å². The lowest BCUT2D eigenvalue weighted by Crippen LogP contribution is -2.46. The molecule has 0 unspecified atom stereocenters. The number of hydrogen-bond donors (Lipinski definition) is 1. The number of anilines is 1. The third-order valence-corrected chi connectivity index (χ3v) is 4.72. The molecule has 134 valence electrons. The van der Waals surface area contributed by atoms with Gasteiger partial charge in [-0.1, -0.05) is 17.7 Å². The van der Waals surface area contributed by atoms with Gasteiger partial charge in [0.2, 0.25) is 0 Å². The molecule has 1 aliphatic rings. The third-order valence-electron chi connectivity index (χ3n) is 4.50. The molecule has 3 aromatic heterocycles. The van der Waals surface area contributed by atoms with Crippen LogP contribution < -0.4 is 4.90 Å². The van der Waals surface area contributed by atoms with Crippen molar-refractivity contribution in [1.82, 2.24) is 19.3 Å². The molecule has 8 heteroatoms. The lowest BCUT2D eigenvalue weighted by Gasteiger charge is -2.35. The zero-order valence-electron chi connectivity index (χ0n) is 14.0. The van der Waals surface area contributed by atoms with Gasteiger partial charge in [0.15, 0.2) is 5.69 Å². The fourth-order valence-corrected chi connectivity index (χ4v) is 3.34. The second kappa shape index (κ2) is 6.93. The van der Waals surface area contributed by atoms with Crippen LogP contribution in [0, 0.1) is 0 Å². The fourth-order valence-electron chi connectivity index (χ4n) is 3.18. The Labute approximate surface area is 155 Å². The number of halogens is 1. The lowest BCUT2D eigenvalue weighted by molar-refractivity contribution is 0.0690. The zero-order valence-corrected chi connectivity index (χ0v) is 14.8. The number of rotatable bonds is 4. The molecular formula is C18H18ClN5O2. The summed E-state index contributed by atoms with van der Waals surface area (Å²) in [5, 5.41) is 9.77. The van der Waals surface area contributed by atoms with E-state index in [-0.39, 0.29) is 5.69 Å². The van der Waals surface area contributed by atoms with Gasteiger partial charge in [0.1, 0.15) is 11.5 Å². The van der Waals surface area contributed by atoms with Gasteiger partial charge in [-0.25, -0.2) is 14.8 Å². The van der Waals surface area contributed by atoms with Crippen molar-refractivity contribution in [2.24, 2.45) is 0 Å². The smallest absolute Gasteiger partial charge is 0.354 e. The van der Waals surface area contributed by atoms with Crippen LogP contribution >= 0.6 is 11.6 Å². The number of carboxylic acids is 1. The molecule has 4 heterocycles. The first-order valence-electron chi connectivity index (χ1n) is 8.39. The third kappa shape index (κ3) is 3.49. The molecular weight excluding hydrogens is 354 g/mol. The van der Waals surface area contributed by atoms with Crippen LogP contribution in [0.15, 0.2) is 42.7 Å². The lowest BCUT2D eigenvalue weighted by atomic mass is 10.2. The average Bonchev–Trinajstić information content (AvgIpc) is 3.03. The Hall–Kier alpha value is -2.64. The van der Waals surface area contributed by atoms with Gasteiger partial charge in [0.25, 0.3) is 0 Å². The normalized spacial score (nSPS) is 15.5. The Bertz CT molecular complexity index is 950. The molecule has 3 aromatic rings. The van der Waals surface area contributed by atoms with E-state index in [1.54, 1.807) is 6.07 Å². The maximum atomic E-state index is 11.1. The van der Waals surface area contributed by atoms with Gasteiger partial charge in [-0.3, -0.25) is 4.90 Å². The summed E-state index contributed by atoms with van der Waals surface area (Å²) in [6.45, 7) is 4.11. The van der Waals surface area contributed by atoms with Crippen molar-refractivity contribution >= 4 is 29.0 Å². The molecule has 7 nitrogen and oxygen atoms in total. The number of piperazine rings is 1. The summed E-state index contributed by atoms with van der Waals surface area (Å²) in [6, 6.07) is 8.85. The molecule has 0 amide bonds. The number of imidazole rings is 1. The number of fused-ring (bicyclic) bond motifs is 1. The number of nitrogens with zero attached hydrogens (tertiary/aromatic N) is 5. The van der Waals surface area contributed by atoms with Crippen LogP contribution in [0.25, 0.3) is 5.65 Å². The van der Waals surface area contributed by atoms with Gasteiger partial charge in [-0.15, -0.1) is 0 Å². The molecule has 0 radical (unpaired) electrons. The summed E-state index contributed by atoms with van der Waals surface area (Å²) in [6.07, 6.45) is 3.86. The molecule has 26 heavy (non-hydrogen) atoms. The monoisotopic (exact) mass is 371 g/mol. The highest BCUT2D eigenvalue weighted by Gasteiger charge is 2.20. The molecule has 0 bridgehead atoms. The standard InChI is InChI=1S/C18H18ClN5O2/c19-13-4-5-17-20-14(12-24(17)10-13)11-22-6-8-23(9-7-22)16-3-1-2-15(21-16)18(25)26/h1-5,10,12H,6-9,11H2,(H,25,26). The van der Waals surface area contributed by atoms with Crippen LogP contribution in [0.1, 0.15) is 16.2 Å². The van der Waals surface area contributed by atoms with Crippen molar-refractivity contribution in [3.63, 3.8) is 0 Å². The molecule has 0 spiro atoms. The summed E-state index contributed by atoms with van der Waals surface area (Å²) in [4.78, 5) is 24.4. The Morgan fingerprint density at radius 1 is 1.08 bits per heavy atom. The fraction of sp³-hybridized carbons (Fsp3) is 0.278. The van der Waals surface area contributed by atoms with E-state index in [1.807, 2.05) is 35.0 Å². The summed E-state index contributed by atoms with van der Waals surface area (Å²) < 4.78 is 1.94. The molecule has 4 rings (SSSR count). The molecule has 0 saturated carbocycles. The van der Waals surface area contributed by atoms with Crippen LogP contribution in [0.2, 0.25) is 5.02 Å². The Morgan fingerprint density at radius 3 is 2.65 bits per heavy atom. The van der Waals surface area contributed by atoms with E-state index in [4.69, 9.17) is 16.7 Å². The Kier molecular flexibility index (Phi) is 4.48. The maximum Gasteiger partial charge on any atom is 0.354 e. The molecule has 1 N–H and O–H groups in total. The van der Waals surface area contributed by atoms with E-state index < -0.39 is 5.97 Å². The van der Waals surface area contributed by atoms with Crippen molar-refractivity contribution < 1.29 is 9.90 Å². The van der Waals surface area contributed by atoms with Crippen LogP contribution in [0.4, 0.5) is 5.82 Å². The zero-order chi connectivity index (χ0) is 18.1. The van der Waals surface area contributed by atoms with Crippen molar-refractivity contribution in [2.75, 3.05) is 31.1 Å². The van der Waals surface area contributed by atoms with Gasteiger partial charge in [0.05, 0.1) is 10.7 Å². The van der Waals surface area contributed by atoms with Crippen LogP contribution in [-0.2, 0) is 6.54 Å². The molecule has 0 aliphatic carbocycles. The predicted molar refractivity (Wildman–Crippen MR) is 98.9 cm³/mol. The molecule has 1 fully saturated rings. The van der Waals surface area contributed by atoms with Gasteiger partial charge in [-0.2, -0.15) is 0 Å². The largest absolute Gasteiger partial charge is 0.477 e. The summed E-state index contributed by atoms with van der Waals surface area (Å²) in [5.41, 5.74) is 1.97. The van der Waals surface area contributed by atoms with Crippen LogP contribution in [0.3, 0.4) is 0 Å². The van der Waals surface area contributed by atoms with Crippen LogP contribution in [0.5, 0.6) is 0 Å². The first-order valence-corrected chi connectivity index (χ1v) is 8.77. The van der Waals surface area contributed by atoms with E-state index in [2.05, 4.69) is 19.8 Å². The average molecular weight is 372 g/mol. The number of carbonyl (C=O) groups is 1. The van der Waals surface area contributed by atoms with E-state index in [9.17, 15) is 4.79 Å². The van der Waals surface area contributed by atoms with Gasteiger partial charge < -0.3 is 14.4 Å². The van der Waals surface area contributed by atoms with Crippen LogP contribution in [-0.4, -0.2) is 56.5 Å². The highest BCUT2D eigenvalue weighted by Crippen LogP contribution is 2.17. The molecule has 1 aliphatic heterocycles. The first kappa shape index (κ1) is 16.8. The number of hydrogen-bond acceptors (Lipinski definition) is 5. The predicted octanol–water partition coefficient (Wildman–Crippen LogP) is 2.40. The van der Waals surface area contributed by atoms with Crippen molar-refractivity contribution in [3.8, 4) is 0 Å². The number of aromatic nitrogens is 3. The van der Waals surface area contributed by atoms with E-state index >= 15 is 0 Å². The minimum atomic E-state index is -1.00. The molecule has 0 atom stereocenters. The minimum Gasteiger partial charge on any atom is -0.477 e. The van der Waals surface area contributed by atoms with E-state index in [0.29, 0.717) is 10.8 Å². The molecule has 1 saturated heterocycles. The second-order valence-electron chi connectivity index (χ2n) is 6.29. The molecule has 0 aromatic carbocycles. The topological polar surface area (TPSA) is 74.0 Å². The number of carboxylic acid groups (broad SMARTS) is 1. The first-order chi connectivity index (χ1) is 12.6. The number of pyridine rings is 2.